The van der Waals surface area contributed by atoms with E-state index in [0.29, 0.717) is 11.4 Å². The summed E-state index contributed by atoms with van der Waals surface area (Å²) in [6.07, 6.45) is -2.96. The van der Waals surface area contributed by atoms with E-state index in [2.05, 4.69) is 20.1 Å². The number of hydrogen-bond acceptors (Lipinski definition) is 4. The van der Waals surface area contributed by atoms with E-state index in [1.54, 1.807) is 36.5 Å². The van der Waals surface area contributed by atoms with Crippen molar-refractivity contribution in [1.82, 2.24) is 25.1 Å². The van der Waals surface area contributed by atoms with Crippen molar-refractivity contribution in [2.24, 2.45) is 0 Å². The summed E-state index contributed by atoms with van der Waals surface area (Å²) in [6, 6.07) is 10.2. The normalized spacial score (nSPS) is 10.8. The summed E-state index contributed by atoms with van der Waals surface area (Å²) in [7, 11) is 0. The Morgan fingerprint density at radius 3 is 2.17 bits per heavy atom. The van der Waals surface area contributed by atoms with Crippen molar-refractivity contribution < 1.29 is 13.2 Å². The van der Waals surface area contributed by atoms with Gasteiger partial charge in [-0.2, -0.15) is 18.3 Å². The van der Waals surface area contributed by atoms with Gasteiger partial charge in [-0.25, -0.2) is 9.97 Å². The number of aromatic amines is 1. The predicted octanol–water partition coefficient (Wildman–Crippen LogP) is 3.97. The van der Waals surface area contributed by atoms with Gasteiger partial charge in [-0.3, -0.25) is 10.1 Å². The minimum Gasteiger partial charge on any atom is -0.255 e. The first kappa shape index (κ1) is 16.6. The molecule has 8 heteroatoms. The van der Waals surface area contributed by atoms with Crippen LogP contribution < -0.4 is 0 Å². The average Bonchev–Trinajstić information content (AvgIpc) is 3.08. The molecule has 3 aromatic rings. The van der Waals surface area contributed by atoms with Gasteiger partial charge in [0, 0.05) is 6.20 Å². The van der Waals surface area contributed by atoms with Crippen molar-refractivity contribution in [1.29, 1.82) is 0 Å². The van der Waals surface area contributed by atoms with Gasteiger partial charge in [-0.05, 0) is 24.3 Å². The van der Waals surface area contributed by atoms with E-state index in [0.717, 1.165) is 0 Å². The van der Waals surface area contributed by atoms with Gasteiger partial charge in [0.1, 0.15) is 5.69 Å². The zero-order valence-corrected chi connectivity index (χ0v) is 12.5. The third kappa shape index (κ3) is 3.91. The molecule has 0 radical (unpaired) electrons. The second-order valence-corrected chi connectivity index (χ2v) is 4.13. The third-order valence-electron chi connectivity index (χ3n) is 2.66. The van der Waals surface area contributed by atoms with Gasteiger partial charge in [0.15, 0.2) is 5.82 Å². The fourth-order valence-corrected chi connectivity index (χ4v) is 1.72. The lowest BCUT2D eigenvalue weighted by Crippen LogP contribution is -2.07. The molecule has 0 unspecified atom stereocenters. The minimum atomic E-state index is -4.57. The van der Waals surface area contributed by atoms with Crippen LogP contribution in [0.4, 0.5) is 13.2 Å². The van der Waals surface area contributed by atoms with Gasteiger partial charge in [0.2, 0.25) is 5.82 Å². The standard InChI is InChI=1S/C13H8F3N5.C2H6/c14-13(15,16)12-19-11(20-21-12)10-6-3-5-9(18-10)8-4-1-2-7-17-8;1-2/h1-7H,(H,19,20,21);1-2H3. The number of halogens is 3. The van der Waals surface area contributed by atoms with Crippen LogP contribution in [-0.2, 0) is 6.18 Å². The Morgan fingerprint density at radius 2 is 1.57 bits per heavy atom. The second kappa shape index (κ2) is 6.99. The summed E-state index contributed by atoms with van der Waals surface area (Å²) >= 11 is 0. The first-order valence-electron chi connectivity index (χ1n) is 6.92. The molecule has 0 saturated carbocycles. The minimum absolute atomic E-state index is 0.111. The maximum atomic E-state index is 12.5. The number of alkyl halides is 3. The highest BCUT2D eigenvalue weighted by Crippen LogP contribution is 2.27. The number of rotatable bonds is 2. The molecular weight excluding hydrogens is 307 g/mol. The number of hydrogen-bond donors (Lipinski definition) is 1. The molecule has 0 atom stereocenters. The van der Waals surface area contributed by atoms with Crippen LogP contribution in [0.5, 0.6) is 0 Å². The molecule has 1 N–H and O–H groups in total. The van der Waals surface area contributed by atoms with Crippen LogP contribution in [-0.4, -0.2) is 25.1 Å². The zero-order valence-electron chi connectivity index (χ0n) is 12.5. The van der Waals surface area contributed by atoms with Crippen LogP contribution in [0.2, 0.25) is 0 Å². The molecule has 5 nitrogen and oxygen atoms in total. The summed E-state index contributed by atoms with van der Waals surface area (Å²) in [5, 5.41) is 5.41. The van der Waals surface area contributed by atoms with Gasteiger partial charge in [0.25, 0.3) is 0 Å². The largest absolute Gasteiger partial charge is 0.451 e. The number of pyridine rings is 2. The number of aromatic nitrogens is 5. The molecule has 120 valence electrons. The van der Waals surface area contributed by atoms with Crippen LogP contribution >= 0.6 is 0 Å². The van der Waals surface area contributed by atoms with Gasteiger partial charge in [-0.15, -0.1) is 0 Å². The van der Waals surface area contributed by atoms with E-state index in [4.69, 9.17) is 0 Å². The van der Waals surface area contributed by atoms with Crippen LogP contribution in [0.3, 0.4) is 0 Å². The van der Waals surface area contributed by atoms with E-state index >= 15 is 0 Å². The quantitative estimate of drug-likeness (QED) is 0.775. The summed E-state index contributed by atoms with van der Waals surface area (Å²) in [4.78, 5) is 11.8. The lowest BCUT2D eigenvalue weighted by Gasteiger charge is -2.01. The Bertz CT molecular complexity index is 753. The lowest BCUT2D eigenvalue weighted by atomic mass is 10.2. The molecule has 3 rings (SSSR count). The molecule has 0 aliphatic carbocycles. The Balaban J connectivity index is 0.000000924. The SMILES string of the molecule is CC.FC(F)(F)c1nc(-c2cccc(-c3ccccn3)n2)n[nH]1. The average molecular weight is 321 g/mol. The van der Waals surface area contributed by atoms with Crippen molar-refractivity contribution in [3.63, 3.8) is 0 Å². The summed E-state index contributed by atoms with van der Waals surface area (Å²) < 4.78 is 37.5. The van der Waals surface area contributed by atoms with Crippen LogP contribution in [0.15, 0.2) is 42.6 Å². The monoisotopic (exact) mass is 321 g/mol. The first-order valence-corrected chi connectivity index (χ1v) is 6.92. The van der Waals surface area contributed by atoms with Gasteiger partial charge >= 0.3 is 6.18 Å². The molecule has 0 aliphatic heterocycles. The highest BCUT2D eigenvalue weighted by molar-refractivity contribution is 5.59. The maximum Gasteiger partial charge on any atom is 0.451 e. The Labute approximate surface area is 130 Å². The molecule has 0 bridgehead atoms. The summed E-state index contributed by atoms with van der Waals surface area (Å²) in [5.41, 5.74) is 1.39. The molecule has 3 aromatic heterocycles. The highest BCUT2D eigenvalue weighted by atomic mass is 19.4. The Kier molecular flexibility index (Phi) is 5.05. The number of nitrogens with one attached hydrogen (secondary N) is 1. The van der Waals surface area contributed by atoms with Crippen LogP contribution in [0.25, 0.3) is 22.9 Å². The van der Waals surface area contributed by atoms with E-state index in [1.807, 2.05) is 18.9 Å². The van der Waals surface area contributed by atoms with E-state index in [9.17, 15) is 13.2 Å². The topological polar surface area (TPSA) is 67.3 Å². The molecule has 0 aromatic carbocycles. The smallest absolute Gasteiger partial charge is 0.255 e. The molecule has 3 heterocycles. The van der Waals surface area contributed by atoms with Crippen molar-refractivity contribution in [2.75, 3.05) is 0 Å². The van der Waals surface area contributed by atoms with Crippen LogP contribution in [0, 0.1) is 0 Å². The number of H-pyrrole nitrogens is 1. The molecule has 0 aliphatic rings. The van der Waals surface area contributed by atoms with Gasteiger partial charge in [0.05, 0.1) is 11.4 Å². The van der Waals surface area contributed by atoms with Crippen molar-refractivity contribution >= 4 is 0 Å². The molecule has 0 spiro atoms. The summed E-state index contributed by atoms with van der Waals surface area (Å²) in [6.45, 7) is 4.00. The van der Waals surface area contributed by atoms with Gasteiger partial charge < -0.3 is 0 Å². The lowest BCUT2D eigenvalue weighted by molar-refractivity contribution is -0.144. The molecule has 23 heavy (non-hydrogen) atoms. The van der Waals surface area contributed by atoms with Gasteiger partial charge in [-0.1, -0.05) is 26.0 Å². The van der Waals surface area contributed by atoms with E-state index < -0.39 is 12.0 Å². The van der Waals surface area contributed by atoms with Crippen molar-refractivity contribution in [3.05, 3.63) is 48.4 Å². The van der Waals surface area contributed by atoms with Crippen molar-refractivity contribution in [3.8, 4) is 22.9 Å². The van der Waals surface area contributed by atoms with Crippen LogP contribution in [0.1, 0.15) is 19.7 Å². The first-order chi connectivity index (χ1) is 11.0. The number of nitrogens with zero attached hydrogens (tertiary/aromatic N) is 4. The zero-order chi connectivity index (χ0) is 16.9. The fraction of sp³-hybridized carbons (Fsp3) is 0.200. The molecular formula is C15H14F3N5. The third-order valence-corrected chi connectivity index (χ3v) is 2.66. The fourth-order valence-electron chi connectivity index (χ4n) is 1.72. The summed E-state index contributed by atoms with van der Waals surface area (Å²) in [5.74, 6) is -1.26. The molecule has 0 saturated heterocycles. The second-order valence-electron chi connectivity index (χ2n) is 4.13. The Morgan fingerprint density at radius 1 is 0.870 bits per heavy atom. The molecule has 0 amide bonds. The van der Waals surface area contributed by atoms with E-state index in [1.165, 1.54) is 6.07 Å². The predicted molar refractivity (Wildman–Crippen MR) is 79.2 cm³/mol. The Hall–Kier alpha value is -2.77. The maximum absolute atomic E-state index is 12.5. The van der Waals surface area contributed by atoms with E-state index in [-0.39, 0.29) is 11.5 Å². The highest BCUT2D eigenvalue weighted by Gasteiger charge is 2.35. The molecule has 0 fully saturated rings. The van der Waals surface area contributed by atoms with Crippen molar-refractivity contribution in [2.45, 2.75) is 20.0 Å².